The van der Waals surface area contributed by atoms with Crippen LogP contribution in [0, 0.1) is 5.92 Å². The zero-order chi connectivity index (χ0) is 21.8. The van der Waals surface area contributed by atoms with Gasteiger partial charge < -0.3 is 9.84 Å². The Balaban J connectivity index is 1.77. The maximum atomic E-state index is 10.9. The van der Waals surface area contributed by atoms with Crippen LogP contribution in [0.3, 0.4) is 0 Å². The second kappa shape index (κ2) is 13.2. The van der Waals surface area contributed by atoms with Crippen molar-refractivity contribution in [3.8, 4) is 17.1 Å². The predicted octanol–water partition coefficient (Wildman–Crippen LogP) is 6.14. The SMILES string of the molecule is CCCCCCCCOc1ncc(-c2ccc(CCC(C)C(Cl)C(=O)O)cc2)cn1. The van der Waals surface area contributed by atoms with E-state index in [4.69, 9.17) is 21.4 Å². The summed E-state index contributed by atoms with van der Waals surface area (Å²) in [6.07, 6.45) is 12.4. The molecule has 2 unspecified atom stereocenters. The lowest BCUT2D eigenvalue weighted by Crippen LogP contribution is -2.22. The molecule has 0 bridgehead atoms. The van der Waals surface area contributed by atoms with Gasteiger partial charge in [-0.25, -0.2) is 9.97 Å². The molecule has 0 radical (unpaired) electrons. The van der Waals surface area contributed by atoms with Crippen LogP contribution >= 0.6 is 11.6 Å². The lowest BCUT2D eigenvalue weighted by molar-refractivity contribution is -0.137. The first-order valence-electron chi connectivity index (χ1n) is 10.9. The van der Waals surface area contributed by atoms with Crippen molar-refractivity contribution in [2.45, 2.75) is 70.6 Å². The second-order valence-corrected chi connectivity index (χ2v) is 8.29. The zero-order valence-corrected chi connectivity index (χ0v) is 18.8. The summed E-state index contributed by atoms with van der Waals surface area (Å²) in [5, 5.41) is 8.13. The van der Waals surface area contributed by atoms with E-state index in [9.17, 15) is 4.79 Å². The van der Waals surface area contributed by atoms with Gasteiger partial charge in [-0.05, 0) is 36.3 Å². The number of ether oxygens (including phenoxy) is 1. The number of carboxylic acid groups (broad SMARTS) is 1. The van der Waals surface area contributed by atoms with Crippen LogP contribution in [-0.4, -0.2) is 33.0 Å². The molecule has 0 spiro atoms. The number of benzene rings is 1. The summed E-state index contributed by atoms with van der Waals surface area (Å²) < 4.78 is 5.64. The van der Waals surface area contributed by atoms with Crippen molar-refractivity contribution >= 4 is 17.6 Å². The van der Waals surface area contributed by atoms with E-state index in [1.807, 2.05) is 19.1 Å². The minimum Gasteiger partial charge on any atom is -0.480 e. The first-order chi connectivity index (χ1) is 14.5. The number of aromatic nitrogens is 2. The van der Waals surface area contributed by atoms with Gasteiger partial charge in [0, 0.05) is 18.0 Å². The van der Waals surface area contributed by atoms with Gasteiger partial charge in [0.25, 0.3) is 0 Å². The van der Waals surface area contributed by atoms with Gasteiger partial charge >= 0.3 is 12.0 Å². The summed E-state index contributed by atoms with van der Waals surface area (Å²) in [7, 11) is 0. The van der Waals surface area contributed by atoms with Gasteiger partial charge in [0.05, 0.1) is 6.61 Å². The minimum absolute atomic E-state index is 0.0823. The highest BCUT2D eigenvalue weighted by Gasteiger charge is 2.21. The van der Waals surface area contributed by atoms with Gasteiger partial charge in [-0.15, -0.1) is 11.6 Å². The number of unbranched alkanes of at least 4 members (excludes halogenated alkanes) is 5. The molecule has 5 nitrogen and oxygen atoms in total. The monoisotopic (exact) mass is 432 g/mol. The average molecular weight is 433 g/mol. The molecule has 164 valence electrons. The second-order valence-electron chi connectivity index (χ2n) is 7.82. The highest BCUT2D eigenvalue weighted by Crippen LogP contribution is 2.22. The molecule has 0 aliphatic heterocycles. The normalized spacial score (nSPS) is 13.0. The highest BCUT2D eigenvalue weighted by molar-refractivity contribution is 6.29. The fraction of sp³-hybridized carbons (Fsp3) is 0.542. The van der Waals surface area contributed by atoms with Crippen LogP contribution in [-0.2, 0) is 11.2 Å². The van der Waals surface area contributed by atoms with E-state index < -0.39 is 11.3 Å². The summed E-state index contributed by atoms with van der Waals surface area (Å²) >= 11 is 5.89. The largest absolute Gasteiger partial charge is 0.480 e. The summed E-state index contributed by atoms with van der Waals surface area (Å²) in [6, 6.07) is 8.59. The molecule has 2 aromatic rings. The number of halogens is 1. The molecule has 2 rings (SSSR count). The smallest absolute Gasteiger partial charge is 0.321 e. The maximum absolute atomic E-state index is 10.9. The van der Waals surface area contributed by atoms with Gasteiger partial charge in [0.1, 0.15) is 5.38 Å². The number of aliphatic carboxylic acids is 1. The quantitative estimate of drug-likeness (QED) is 0.286. The van der Waals surface area contributed by atoms with E-state index >= 15 is 0 Å². The van der Waals surface area contributed by atoms with Gasteiger partial charge in [0.2, 0.25) is 0 Å². The minimum atomic E-state index is -0.959. The van der Waals surface area contributed by atoms with Crippen LogP contribution in [0.2, 0.25) is 0 Å². The Labute approximate surface area is 184 Å². The van der Waals surface area contributed by atoms with Crippen molar-refractivity contribution in [2.24, 2.45) is 5.92 Å². The molecule has 0 aliphatic carbocycles. The van der Waals surface area contributed by atoms with Crippen molar-refractivity contribution in [2.75, 3.05) is 6.61 Å². The first kappa shape index (κ1) is 24.1. The van der Waals surface area contributed by atoms with Crippen molar-refractivity contribution in [3.05, 3.63) is 42.2 Å². The van der Waals surface area contributed by atoms with Crippen molar-refractivity contribution in [1.82, 2.24) is 9.97 Å². The number of nitrogens with zero attached hydrogens (tertiary/aromatic N) is 2. The van der Waals surface area contributed by atoms with Crippen LogP contribution in [0.15, 0.2) is 36.7 Å². The van der Waals surface area contributed by atoms with E-state index in [2.05, 4.69) is 29.0 Å². The molecule has 0 aliphatic rings. The Kier molecular flexibility index (Phi) is 10.6. The Hall–Kier alpha value is -2.14. The number of aryl methyl sites for hydroxylation is 1. The number of carboxylic acids is 1. The molecule has 1 aromatic heterocycles. The predicted molar refractivity (Wildman–Crippen MR) is 121 cm³/mol. The summed E-state index contributed by atoms with van der Waals surface area (Å²) in [5.41, 5.74) is 3.13. The van der Waals surface area contributed by atoms with E-state index in [-0.39, 0.29) is 5.92 Å². The molecule has 0 amide bonds. The average Bonchev–Trinajstić information content (AvgIpc) is 2.77. The maximum Gasteiger partial charge on any atom is 0.321 e. The van der Waals surface area contributed by atoms with E-state index in [0.717, 1.165) is 36.0 Å². The molecule has 0 saturated heterocycles. The molecule has 0 saturated carbocycles. The molecule has 1 aromatic carbocycles. The topological polar surface area (TPSA) is 72.3 Å². The van der Waals surface area contributed by atoms with Crippen LogP contribution in [0.4, 0.5) is 0 Å². The summed E-state index contributed by atoms with van der Waals surface area (Å²) in [4.78, 5) is 19.6. The molecular weight excluding hydrogens is 400 g/mol. The Bertz CT molecular complexity index is 750. The van der Waals surface area contributed by atoms with Crippen molar-refractivity contribution < 1.29 is 14.6 Å². The first-order valence-corrected chi connectivity index (χ1v) is 11.4. The fourth-order valence-electron chi connectivity index (χ4n) is 3.23. The highest BCUT2D eigenvalue weighted by atomic mass is 35.5. The van der Waals surface area contributed by atoms with E-state index in [1.54, 1.807) is 12.4 Å². The van der Waals surface area contributed by atoms with Crippen LogP contribution < -0.4 is 4.74 Å². The third kappa shape index (κ3) is 8.31. The standard InChI is InChI=1S/C24H33ClN2O3/c1-3-4-5-6-7-8-15-30-24-26-16-21(17-27-24)20-13-11-19(12-14-20)10-9-18(2)22(25)23(28)29/h11-14,16-18,22H,3-10,15H2,1-2H3,(H,28,29). The molecular formula is C24H33ClN2O3. The van der Waals surface area contributed by atoms with Crippen LogP contribution in [0.1, 0.15) is 64.4 Å². The summed E-state index contributed by atoms with van der Waals surface area (Å²) in [6.45, 7) is 4.75. The Morgan fingerprint density at radius 3 is 2.30 bits per heavy atom. The number of carbonyl (C=O) groups is 1. The molecule has 0 fully saturated rings. The number of rotatable bonds is 14. The van der Waals surface area contributed by atoms with E-state index in [0.29, 0.717) is 12.6 Å². The molecule has 6 heteroatoms. The lowest BCUT2D eigenvalue weighted by atomic mass is 9.97. The van der Waals surface area contributed by atoms with Crippen LogP contribution in [0.5, 0.6) is 6.01 Å². The Morgan fingerprint density at radius 1 is 1.03 bits per heavy atom. The van der Waals surface area contributed by atoms with Gasteiger partial charge in [-0.3, -0.25) is 4.79 Å². The zero-order valence-electron chi connectivity index (χ0n) is 18.0. The van der Waals surface area contributed by atoms with Gasteiger partial charge in [-0.1, -0.05) is 70.2 Å². The van der Waals surface area contributed by atoms with Gasteiger partial charge in [0.15, 0.2) is 0 Å². The number of hydrogen-bond donors (Lipinski definition) is 1. The lowest BCUT2D eigenvalue weighted by Gasteiger charge is -2.14. The number of alkyl halides is 1. The molecule has 1 heterocycles. The van der Waals surface area contributed by atoms with Crippen LogP contribution in [0.25, 0.3) is 11.1 Å². The molecule has 2 atom stereocenters. The molecule has 1 N–H and O–H groups in total. The van der Waals surface area contributed by atoms with Gasteiger partial charge in [-0.2, -0.15) is 0 Å². The fourth-order valence-corrected chi connectivity index (χ4v) is 3.36. The Morgan fingerprint density at radius 2 is 1.67 bits per heavy atom. The third-order valence-corrected chi connectivity index (χ3v) is 5.89. The number of hydrogen-bond acceptors (Lipinski definition) is 4. The molecule has 30 heavy (non-hydrogen) atoms. The van der Waals surface area contributed by atoms with Crippen molar-refractivity contribution in [1.29, 1.82) is 0 Å². The van der Waals surface area contributed by atoms with E-state index in [1.165, 1.54) is 32.1 Å². The summed E-state index contributed by atoms with van der Waals surface area (Å²) in [5.74, 6) is -1.04. The van der Waals surface area contributed by atoms with Crippen molar-refractivity contribution in [3.63, 3.8) is 0 Å². The third-order valence-electron chi connectivity index (χ3n) is 5.27.